The fourth-order valence-corrected chi connectivity index (χ4v) is 3.61. The van der Waals surface area contributed by atoms with E-state index in [9.17, 15) is 14.4 Å². The number of carbonyl (C=O) groups excluding carboxylic acids is 3. The third kappa shape index (κ3) is 4.04. The van der Waals surface area contributed by atoms with E-state index < -0.39 is 5.92 Å². The van der Waals surface area contributed by atoms with Crippen molar-refractivity contribution in [3.8, 4) is 11.5 Å². The van der Waals surface area contributed by atoms with Gasteiger partial charge in [0.2, 0.25) is 24.5 Å². The molecular formula is C21H20ClN3O5. The van der Waals surface area contributed by atoms with Crippen LogP contribution in [0.25, 0.3) is 0 Å². The van der Waals surface area contributed by atoms with E-state index in [2.05, 4.69) is 10.6 Å². The van der Waals surface area contributed by atoms with Gasteiger partial charge in [-0.1, -0.05) is 17.7 Å². The van der Waals surface area contributed by atoms with E-state index in [0.29, 0.717) is 27.9 Å². The third-order valence-corrected chi connectivity index (χ3v) is 5.54. The van der Waals surface area contributed by atoms with Crippen LogP contribution in [0.5, 0.6) is 11.5 Å². The Labute approximate surface area is 178 Å². The number of carbonyl (C=O) groups is 3. The zero-order valence-electron chi connectivity index (χ0n) is 16.2. The molecule has 0 aliphatic carbocycles. The average Bonchev–Trinajstić information content (AvgIpc) is 3.35. The van der Waals surface area contributed by atoms with Crippen LogP contribution in [0.2, 0.25) is 5.02 Å². The van der Waals surface area contributed by atoms with Crippen molar-refractivity contribution in [2.45, 2.75) is 13.3 Å². The smallest absolute Gasteiger partial charge is 0.243 e. The van der Waals surface area contributed by atoms with Crippen LogP contribution < -0.4 is 25.0 Å². The van der Waals surface area contributed by atoms with Gasteiger partial charge in [0.1, 0.15) is 0 Å². The number of ether oxygens (including phenoxy) is 2. The first-order valence-corrected chi connectivity index (χ1v) is 9.83. The summed E-state index contributed by atoms with van der Waals surface area (Å²) in [6, 6.07) is 10.4. The van der Waals surface area contributed by atoms with Gasteiger partial charge >= 0.3 is 0 Å². The molecular weight excluding hydrogens is 410 g/mol. The summed E-state index contributed by atoms with van der Waals surface area (Å²) in [5, 5.41) is 5.87. The molecule has 9 heteroatoms. The highest BCUT2D eigenvalue weighted by atomic mass is 35.5. The summed E-state index contributed by atoms with van der Waals surface area (Å²) < 4.78 is 10.6. The van der Waals surface area contributed by atoms with Crippen molar-refractivity contribution in [1.82, 2.24) is 5.32 Å². The van der Waals surface area contributed by atoms with Crippen LogP contribution in [0.1, 0.15) is 12.0 Å². The summed E-state index contributed by atoms with van der Waals surface area (Å²) in [6.45, 7) is 1.98. The molecule has 3 amide bonds. The predicted molar refractivity (Wildman–Crippen MR) is 111 cm³/mol. The lowest BCUT2D eigenvalue weighted by molar-refractivity contribution is -0.127. The molecule has 1 fully saturated rings. The molecule has 2 aromatic carbocycles. The number of hydrogen-bond acceptors (Lipinski definition) is 5. The third-order valence-electron chi connectivity index (χ3n) is 5.13. The van der Waals surface area contributed by atoms with Crippen molar-refractivity contribution in [1.29, 1.82) is 0 Å². The number of benzene rings is 2. The number of hydrogen-bond donors (Lipinski definition) is 2. The molecule has 2 N–H and O–H groups in total. The van der Waals surface area contributed by atoms with Crippen molar-refractivity contribution in [2.75, 3.05) is 30.1 Å². The number of amides is 3. The molecule has 156 valence electrons. The second-order valence-corrected chi connectivity index (χ2v) is 7.53. The molecule has 0 saturated carbocycles. The second-order valence-electron chi connectivity index (χ2n) is 7.12. The van der Waals surface area contributed by atoms with Gasteiger partial charge in [-0.15, -0.1) is 0 Å². The maximum absolute atomic E-state index is 12.5. The first kappa shape index (κ1) is 20.0. The van der Waals surface area contributed by atoms with Crippen molar-refractivity contribution in [3.05, 3.63) is 47.0 Å². The Bertz CT molecular complexity index is 1030. The number of nitrogens with zero attached hydrogens (tertiary/aromatic N) is 1. The summed E-state index contributed by atoms with van der Waals surface area (Å²) in [4.78, 5) is 38.6. The van der Waals surface area contributed by atoms with Gasteiger partial charge in [0, 0.05) is 35.4 Å². The van der Waals surface area contributed by atoms with E-state index in [1.807, 2.05) is 0 Å². The van der Waals surface area contributed by atoms with Crippen LogP contribution in [0.15, 0.2) is 36.4 Å². The van der Waals surface area contributed by atoms with Crippen molar-refractivity contribution < 1.29 is 23.9 Å². The summed E-state index contributed by atoms with van der Waals surface area (Å²) in [7, 11) is 0. The first-order valence-electron chi connectivity index (χ1n) is 9.45. The van der Waals surface area contributed by atoms with Gasteiger partial charge in [-0.3, -0.25) is 14.4 Å². The Kier molecular flexibility index (Phi) is 5.50. The normalized spacial score (nSPS) is 17.2. The zero-order valence-corrected chi connectivity index (χ0v) is 17.0. The summed E-state index contributed by atoms with van der Waals surface area (Å²) in [6.07, 6.45) is 0.0787. The molecule has 0 unspecified atom stereocenters. The fraction of sp³-hybridized carbons (Fsp3) is 0.286. The number of anilines is 2. The fourth-order valence-electron chi connectivity index (χ4n) is 3.43. The van der Waals surface area contributed by atoms with Gasteiger partial charge in [-0.25, -0.2) is 0 Å². The molecule has 2 aromatic rings. The van der Waals surface area contributed by atoms with Crippen LogP contribution in [0.3, 0.4) is 0 Å². The van der Waals surface area contributed by atoms with Gasteiger partial charge in [0.05, 0.1) is 12.5 Å². The van der Waals surface area contributed by atoms with E-state index >= 15 is 0 Å². The molecule has 2 aliphatic heterocycles. The molecule has 0 radical (unpaired) electrons. The van der Waals surface area contributed by atoms with Crippen LogP contribution >= 0.6 is 11.6 Å². The second kappa shape index (κ2) is 8.23. The Balaban J connectivity index is 1.32. The van der Waals surface area contributed by atoms with Gasteiger partial charge in [-0.05, 0) is 36.8 Å². The lowest BCUT2D eigenvalue weighted by Gasteiger charge is -2.17. The molecule has 4 rings (SSSR count). The van der Waals surface area contributed by atoms with Gasteiger partial charge in [-0.2, -0.15) is 0 Å². The molecule has 8 nitrogen and oxygen atoms in total. The minimum Gasteiger partial charge on any atom is -0.454 e. The zero-order chi connectivity index (χ0) is 21.3. The minimum atomic E-state index is -0.538. The predicted octanol–water partition coefficient (Wildman–Crippen LogP) is 2.48. The van der Waals surface area contributed by atoms with E-state index in [-0.39, 0.29) is 44.0 Å². The topological polar surface area (TPSA) is 97.0 Å². The standard InChI is InChI=1S/C21H20ClN3O5/c1-12-15(22)3-2-4-16(12)24-19(26)9-23-21(28)13-7-20(27)25(10-13)14-5-6-17-18(8-14)30-11-29-17/h2-6,8,13H,7,9-11H2,1H3,(H,23,28)(H,24,26)/t13-/m1/s1. The minimum absolute atomic E-state index is 0.0787. The number of rotatable bonds is 5. The van der Waals surface area contributed by atoms with Crippen molar-refractivity contribution in [2.24, 2.45) is 5.92 Å². The molecule has 2 heterocycles. The molecule has 0 aromatic heterocycles. The molecule has 2 aliphatic rings. The Hall–Kier alpha value is -3.26. The van der Waals surface area contributed by atoms with Crippen LogP contribution in [0, 0.1) is 12.8 Å². The SMILES string of the molecule is Cc1c(Cl)cccc1NC(=O)CNC(=O)[C@@H]1CC(=O)N(c2ccc3c(c2)OCO3)C1. The highest BCUT2D eigenvalue weighted by molar-refractivity contribution is 6.31. The quantitative estimate of drug-likeness (QED) is 0.761. The molecule has 1 atom stereocenters. The lowest BCUT2D eigenvalue weighted by Crippen LogP contribution is -2.38. The van der Waals surface area contributed by atoms with E-state index in [0.717, 1.165) is 5.56 Å². The average molecular weight is 430 g/mol. The van der Waals surface area contributed by atoms with Crippen LogP contribution in [0.4, 0.5) is 11.4 Å². The summed E-state index contributed by atoms with van der Waals surface area (Å²) in [5.74, 6) is -0.214. The van der Waals surface area contributed by atoms with E-state index in [1.54, 1.807) is 48.2 Å². The van der Waals surface area contributed by atoms with E-state index in [4.69, 9.17) is 21.1 Å². The highest BCUT2D eigenvalue weighted by Gasteiger charge is 2.35. The maximum Gasteiger partial charge on any atom is 0.243 e. The van der Waals surface area contributed by atoms with Gasteiger partial charge in [0.25, 0.3) is 0 Å². The van der Waals surface area contributed by atoms with E-state index in [1.165, 1.54) is 0 Å². The molecule has 1 saturated heterocycles. The largest absolute Gasteiger partial charge is 0.454 e. The molecule has 30 heavy (non-hydrogen) atoms. The van der Waals surface area contributed by atoms with Crippen molar-refractivity contribution >= 4 is 40.7 Å². The summed E-state index contributed by atoms with van der Waals surface area (Å²) in [5.41, 5.74) is 1.99. The first-order chi connectivity index (χ1) is 14.4. The van der Waals surface area contributed by atoms with Gasteiger partial charge in [0.15, 0.2) is 11.5 Å². The number of nitrogens with one attached hydrogen (secondary N) is 2. The van der Waals surface area contributed by atoms with Gasteiger partial charge < -0.3 is 25.0 Å². The maximum atomic E-state index is 12.5. The monoisotopic (exact) mass is 429 g/mol. The number of fused-ring (bicyclic) bond motifs is 1. The number of halogens is 1. The Morgan fingerprint density at radius 2 is 2.00 bits per heavy atom. The summed E-state index contributed by atoms with van der Waals surface area (Å²) >= 11 is 6.05. The Morgan fingerprint density at radius 1 is 1.20 bits per heavy atom. The Morgan fingerprint density at radius 3 is 2.83 bits per heavy atom. The highest BCUT2D eigenvalue weighted by Crippen LogP contribution is 2.37. The van der Waals surface area contributed by atoms with Crippen LogP contribution in [-0.4, -0.2) is 37.6 Å². The lowest BCUT2D eigenvalue weighted by atomic mass is 10.1. The molecule has 0 bridgehead atoms. The van der Waals surface area contributed by atoms with Crippen LogP contribution in [-0.2, 0) is 14.4 Å². The molecule has 0 spiro atoms. The van der Waals surface area contributed by atoms with Crippen molar-refractivity contribution in [3.63, 3.8) is 0 Å².